The Morgan fingerprint density at radius 1 is 1.26 bits per heavy atom. The second-order valence-corrected chi connectivity index (χ2v) is 5.55. The summed E-state index contributed by atoms with van der Waals surface area (Å²) in [7, 11) is 1.71. The predicted molar refractivity (Wildman–Crippen MR) is 87.0 cm³/mol. The van der Waals surface area contributed by atoms with Crippen molar-refractivity contribution >= 4 is 17.5 Å². The zero-order chi connectivity index (χ0) is 16.2. The van der Waals surface area contributed by atoms with Crippen molar-refractivity contribution in [1.29, 1.82) is 0 Å². The summed E-state index contributed by atoms with van der Waals surface area (Å²) in [6.07, 6.45) is 3.42. The summed E-state index contributed by atoms with van der Waals surface area (Å²) in [6, 6.07) is 12.6. The first-order chi connectivity index (χ1) is 11.1. The summed E-state index contributed by atoms with van der Waals surface area (Å²) >= 11 is 5.97. The lowest BCUT2D eigenvalue weighted by Crippen LogP contribution is -2.25. The zero-order valence-corrected chi connectivity index (χ0v) is 13.2. The van der Waals surface area contributed by atoms with Gasteiger partial charge in [-0.2, -0.15) is 0 Å². The molecule has 0 unspecified atom stereocenters. The van der Waals surface area contributed by atoms with E-state index in [2.05, 4.69) is 10.1 Å². The molecule has 0 fully saturated rings. The van der Waals surface area contributed by atoms with Gasteiger partial charge in [-0.3, -0.25) is 9.78 Å². The Bertz CT molecular complexity index is 817. The highest BCUT2D eigenvalue weighted by molar-refractivity contribution is 6.30. The Morgan fingerprint density at radius 3 is 2.87 bits per heavy atom. The number of amides is 1. The molecule has 1 amide bonds. The minimum Gasteiger partial charge on any atom is -0.350 e. The van der Waals surface area contributed by atoms with E-state index in [-0.39, 0.29) is 11.7 Å². The number of nitrogens with zero attached hydrogens (tertiary/aromatic N) is 3. The molecule has 5 nitrogen and oxygen atoms in total. The normalized spacial score (nSPS) is 10.5. The summed E-state index contributed by atoms with van der Waals surface area (Å²) in [5.74, 6) is -0.0546. The molecule has 3 rings (SSSR count). The molecule has 0 aliphatic rings. The first-order valence-corrected chi connectivity index (χ1v) is 7.38. The fourth-order valence-corrected chi connectivity index (χ4v) is 2.38. The van der Waals surface area contributed by atoms with E-state index in [1.807, 2.05) is 24.3 Å². The largest absolute Gasteiger partial charge is 0.350 e. The van der Waals surface area contributed by atoms with Crippen LogP contribution in [0.5, 0.6) is 0 Å². The smallest absolute Gasteiger partial charge is 0.292 e. The van der Waals surface area contributed by atoms with Crippen LogP contribution in [-0.4, -0.2) is 28.0 Å². The number of rotatable bonds is 4. The van der Waals surface area contributed by atoms with E-state index in [0.717, 1.165) is 11.1 Å². The van der Waals surface area contributed by atoms with Crippen LogP contribution in [0.1, 0.15) is 16.1 Å². The number of carbonyl (C=O) groups excluding carboxylic acids is 1. The fraction of sp³-hybridized carbons (Fsp3) is 0.118. The van der Waals surface area contributed by atoms with Crippen molar-refractivity contribution in [3.8, 4) is 11.3 Å². The molecule has 2 heterocycles. The summed E-state index contributed by atoms with van der Waals surface area (Å²) in [5, 5.41) is 4.55. The van der Waals surface area contributed by atoms with Crippen LogP contribution >= 0.6 is 11.6 Å². The number of benzene rings is 1. The van der Waals surface area contributed by atoms with Gasteiger partial charge in [-0.1, -0.05) is 35.0 Å². The molecule has 0 aliphatic heterocycles. The van der Waals surface area contributed by atoms with Crippen LogP contribution in [0.2, 0.25) is 5.02 Å². The van der Waals surface area contributed by atoms with Crippen LogP contribution < -0.4 is 0 Å². The maximum Gasteiger partial charge on any atom is 0.292 e. The summed E-state index contributed by atoms with van der Waals surface area (Å²) in [5.41, 5.74) is 2.32. The third-order valence-electron chi connectivity index (χ3n) is 3.33. The monoisotopic (exact) mass is 327 g/mol. The lowest BCUT2D eigenvalue weighted by Gasteiger charge is -2.14. The first kappa shape index (κ1) is 15.2. The molecule has 3 aromatic rings. The number of pyridine rings is 1. The highest BCUT2D eigenvalue weighted by Gasteiger charge is 2.18. The summed E-state index contributed by atoms with van der Waals surface area (Å²) in [4.78, 5) is 18.0. The van der Waals surface area contributed by atoms with Crippen LogP contribution in [-0.2, 0) is 6.54 Å². The van der Waals surface area contributed by atoms with E-state index in [4.69, 9.17) is 16.1 Å². The van der Waals surface area contributed by atoms with E-state index in [0.29, 0.717) is 17.3 Å². The van der Waals surface area contributed by atoms with Gasteiger partial charge in [-0.05, 0) is 23.8 Å². The van der Waals surface area contributed by atoms with Gasteiger partial charge in [0.05, 0.1) is 0 Å². The Balaban J connectivity index is 1.76. The lowest BCUT2D eigenvalue weighted by molar-refractivity contribution is 0.0743. The Kier molecular flexibility index (Phi) is 4.39. The average Bonchev–Trinajstić information content (AvgIpc) is 3.05. The van der Waals surface area contributed by atoms with Crippen LogP contribution in [0.3, 0.4) is 0 Å². The first-order valence-electron chi connectivity index (χ1n) is 7.00. The molecular weight excluding hydrogens is 314 g/mol. The molecule has 116 valence electrons. The predicted octanol–water partition coefficient (Wildman–Crippen LogP) is 3.66. The number of hydrogen-bond acceptors (Lipinski definition) is 4. The Labute approximate surface area is 138 Å². The van der Waals surface area contributed by atoms with Crippen molar-refractivity contribution in [3.63, 3.8) is 0 Å². The van der Waals surface area contributed by atoms with Crippen molar-refractivity contribution in [3.05, 3.63) is 71.2 Å². The van der Waals surface area contributed by atoms with Crippen LogP contribution in [0.25, 0.3) is 11.3 Å². The molecule has 2 aromatic heterocycles. The van der Waals surface area contributed by atoms with E-state index in [1.54, 1.807) is 42.5 Å². The topological polar surface area (TPSA) is 59.2 Å². The number of aromatic nitrogens is 2. The maximum atomic E-state index is 12.4. The standard InChI is InChI=1S/C17H14ClN3O2/c1-21(11-12-4-3-7-19-10-12)17(22)16-9-15(20-23-16)13-5-2-6-14(18)8-13/h2-10H,11H2,1H3. The highest BCUT2D eigenvalue weighted by atomic mass is 35.5. The summed E-state index contributed by atoms with van der Waals surface area (Å²) in [6.45, 7) is 0.444. The van der Waals surface area contributed by atoms with E-state index < -0.39 is 0 Å². The van der Waals surface area contributed by atoms with Crippen LogP contribution in [0.15, 0.2) is 59.4 Å². The zero-order valence-electron chi connectivity index (χ0n) is 12.4. The summed E-state index contributed by atoms with van der Waals surface area (Å²) < 4.78 is 5.18. The minimum atomic E-state index is -0.241. The maximum absolute atomic E-state index is 12.4. The van der Waals surface area contributed by atoms with Gasteiger partial charge < -0.3 is 9.42 Å². The molecule has 0 saturated heterocycles. The van der Waals surface area contributed by atoms with E-state index in [1.165, 1.54) is 0 Å². The number of halogens is 1. The molecule has 6 heteroatoms. The highest BCUT2D eigenvalue weighted by Crippen LogP contribution is 2.23. The van der Waals surface area contributed by atoms with Gasteiger partial charge in [0.1, 0.15) is 5.69 Å². The Hall–Kier alpha value is -2.66. The van der Waals surface area contributed by atoms with Gasteiger partial charge in [0.15, 0.2) is 0 Å². The molecule has 1 aromatic carbocycles. The van der Waals surface area contributed by atoms with Crippen molar-refractivity contribution < 1.29 is 9.32 Å². The average molecular weight is 328 g/mol. The third-order valence-corrected chi connectivity index (χ3v) is 3.57. The molecule has 0 saturated carbocycles. The van der Waals surface area contributed by atoms with E-state index >= 15 is 0 Å². The van der Waals surface area contributed by atoms with Crippen molar-refractivity contribution in [2.24, 2.45) is 0 Å². The van der Waals surface area contributed by atoms with Gasteiger partial charge in [-0.25, -0.2) is 0 Å². The van der Waals surface area contributed by atoms with Gasteiger partial charge in [0.25, 0.3) is 5.91 Å². The third kappa shape index (κ3) is 3.57. The second-order valence-electron chi connectivity index (χ2n) is 5.11. The minimum absolute atomic E-state index is 0.186. The molecular formula is C17H14ClN3O2. The molecule has 0 aliphatic carbocycles. The molecule has 0 bridgehead atoms. The van der Waals surface area contributed by atoms with Crippen LogP contribution in [0, 0.1) is 0 Å². The quantitative estimate of drug-likeness (QED) is 0.733. The second kappa shape index (κ2) is 6.62. The number of hydrogen-bond donors (Lipinski definition) is 0. The molecule has 0 N–H and O–H groups in total. The van der Waals surface area contributed by atoms with Crippen molar-refractivity contribution in [2.45, 2.75) is 6.54 Å². The van der Waals surface area contributed by atoms with Crippen LogP contribution in [0.4, 0.5) is 0 Å². The van der Waals surface area contributed by atoms with E-state index in [9.17, 15) is 4.79 Å². The Morgan fingerprint density at radius 2 is 2.13 bits per heavy atom. The fourth-order valence-electron chi connectivity index (χ4n) is 2.19. The van der Waals surface area contributed by atoms with Crippen molar-refractivity contribution in [1.82, 2.24) is 15.0 Å². The van der Waals surface area contributed by atoms with Gasteiger partial charge in [0, 0.05) is 42.6 Å². The number of carbonyl (C=O) groups is 1. The lowest BCUT2D eigenvalue weighted by atomic mass is 10.1. The molecule has 0 atom stereocenters. The van der Waals surface area contributed by atoms with Gasteiger partial charge in [-0.15, -0.1) is 0 Å². The van der Waals surface area contributed by atoms with Gasteiger partial charge in [0.2, 0.25) is 5.76 Å². The molecule has 0 spiro atoms. The molecule has 23 heavy (non-hydrogen) atoms. The SMILES string of the molecule is CN(Cc1cccnc1)C(=O)c1cc(-c2cccc(Cl)c2)no1. The van der Waals surface area contributed by atoms with Crippen molar-refractivity contribution in [2.75, 3.05) is 7.05 Å². The van der Waals surface area contributed by atoms with Gasteiger partial charge >= 0.3 is 0 Å². The molecule has 0 radical (unpaired) electrons.